The second-order valence-corrected chi connectivity index (χ2v) is 8.51. The van der Waals surface area contributed by atoms with Crippen LogP contribution in [0.15, 0.2) is 54.6 Å². The number of hydrogen-bond donors (Lipinski definition) is 2. The first-order valence-electron chi connectivity index (χ1n) is 11.2. The Hall–Kier alpha value is -3.62. The van der Waals surface area contributed by atoms with Crippen molar-refractivity contribution >= 4 is 29.7 Å². The number of amides is 2. The number of carbonyl (C=O) groups is 3. The second-order valence-electron chi connectivity index (χ2n) is 8.51. The molecule has 2 heterocycles. The molecule has 8 nitrogen and oxygen atoms in total. The minimum atomic E-state index is -0.649. The number of hydroxylamine groups is 1. The van der Waals surface area contributed by atoms with E-state index in [0.29, 0.717) is 17.0 Å². The van der Waals surface area contributed by atoms with Crippen LogP contribution in [0.3, 0.4) is 0 Å². The number of nitrogens with one attached hydrogen (secondary N) is 1. The molecule has 1 aliphatic heterocycles. The number of piperazine rings is 1. The number of hydrogen-bond acceptors (Lipinski definition) is 6. The molecule has 2 N–H and O–H groups in total. The zero-order valence-electron chi connectivity index (χ0n) is 19.6. The molecule has 1 aliphatic rings. The van der Waals surface area contributed by atoms with E-state index in [1.807, 2.05) is 29.2 Å². The Balaban J connectivity index is 1.59. The Morgan fingerprint density at radius 2 is 1.59 bits per heavy atom. The number of aromatic nitrogens is 1. The minimum Gasteiger partial charge on any atom is -0.335 e. The van der Waals surface area contributed by atoms with Crippen LogP contribution in [0.2, 0.25) is 0 Å². The first-order chi connectivity index (χ1) is 16.3. The molecule has 1 saturated heterocycles. The molecule has 2 aromatic rings. The fourth-order valence-corrected chi connectivity index (χ4v) is 4.32. The van der Waals surface area contributed by atoms with E-state index >= 15 is 0 Å². The standard InChI is InChI=1S/C26H30N4O4/c1-18-15-29(16-19(2)30(18)20(3)31)17-21-7-9-22(10-8-21)25(32)13-11-23-5-4-6-24(27-23)12-14-26(33)28-34/h4-14,18-19,34H,15-17H2,1-3H3,(H,28,33)/t18-,19+. The summed E-state index contributed by atoms with van der Waals surface area (Å²) in [5.74, 6) is -0.668. The summed E-state index contributed by atoms with van der Waals surface area (Å²) >= 11 is 0. The summed E-state index contributed by atoms with van der Waals surface area (Å²) in [6.45, 7) is 8.17. The van der Waals surface area contributed by atoms with E-state index in [9.17, 15) is 14.4 Å². The largest absolute Gasteiger partial charge is 0.335 e. The van der Waals surface area contributed by atoms with Gasteiger partial charge >= 0.3 is 0 Å². The second kappa shape index (κ2) is 11.5. The highest BCUT2D eigenvalue weighted by atomic mass is 16.5. The van der Waals surface area contributed by atoms with Crippen LogP contribution in [0.4, 0.5) is 0 Å². The van der Waals surface area contributed by atoms with Crippen LogP contribution in [0, 0.1) is 0 Å². The molecule has 1 aromatic carbocycles. The Morgan fingerprint density at radius 3 is 2.15 bits per heavy atom. The molecule has 2 amide bonds. The molecule has 8 heteroatoms. The molecule has 0 unspecified atom stereocenters. The van der Waals surface area contributed by atoms with Crippen LogP contribution in [-0.4, -0.2) is 62.8 Å². The normalized spacial score (nSPS) is 19.0. The van der Waals surface area contributed by atoms with Crippen molar-refractivity contribution in [3.63, 3.8) is 0 Å². The van der Waals surface area contributed by atoms with Crippen LogP contribution < -0.4 is 5.48 Å². The SMILES string of the molecule is CC(=O)N1[C@H](C)CN(Cc2ccc(C(=O)C=Cc3cccc(C=CC(=O)NO)n3)cc2)C[C@@H]1C. The van der Waals surface area contributed by atoms with Crippen molar-refractivity contribution in [2.45, 2.75) is 39.4 Å². The van der Waals surface area contributed by atoms with E-state index in [1.165, 1.54) is 17.6 Å². The third-order valence-corrected chi connectivity index (χ3v) is 5.72. The average molecular weight is 463 g/mol. The maximum absolute atomic E-state index is 12.6. The molecule has 1 aromatic heterocycles. The van der Waals surface area contributed by atoms with Crippen LogP contribution >= 0.6 is 0 Å². The number of rotatable bonds is 7. The Labute approximate surface area is 199 Å². The topological polar surface area (TPSA) is 103 Å². The van der Waals surface area contributed by atoms with Crippen molar-refractivity contribution in [3.05, 3.63) is 77.1 Å². The zero-order valence-corrected chi connectivity index (χ0v) is 19.6. The van der Waals surface area contributed by atoms with E-state index < -0.39 is 5.91 Å². The van der Waals surface area contributed by atoms with Crippen LogP contribution in [0.25, 0.3) is 12.2 Å². The molecule has 0 radical (unpaired) electrons. The van der Waals surface area contributed by atoms with Gasteiger partial charge in [-0.2, -0.15) is 0 Å². The van der Waals surface area contributed by atoms with Gasteiger partial charge in [0, 0.05) is 50.3 Å². The molecule has 0 spiro atoms. The van der Waals surface area contributed by atoms with Gasteiger partial charge in [-0.05, 0) is 49.8 Å². The monoisotopic (exact) mass is 462 g/mol. The van der Waals surface area contributed by atoms with E-state index in [2.05, 4.69) is 23.7 Å². The Kier molecular flexibility index (Phi) is 8.45. The average Bonchev–Trinajstić information content (AvgIpc) is 2.81. The van der Waals surface area contributed by atoms with Gasteiger partial charge in [0.1, 0.15) is 0 Å². The lowest BCUT2D eigenvalue weighted by molar-refractivity contribution is -0.136. The molecular formula is C26H30N4O4. The lowest BCUT2D eigenvalue weighted by Crippen LogP contribution is -2.57. The number of pyridine rings is 1. The molecule has 34 heavy (non-hydrogen) atoms. The smallest absolute Gasteiger partial charge is 0.267 e. The Morgan fingerprint density at radius 1 is 1.00 bits per heavy atom. The minimum absolute atomic E-state index is 0.114. The predicted octanol–water partition coefficient (Wildman–Crippen LogP) is 2.94. The summed E-state index contributed by atoms with van der Waals surface area (Å²) < 4.78 is 0. The molecule has 2 atom stereocenters. The molecule has 3 rings (SSSR count). The number of benzene rings is 1. The summed E-state index contributed by atoms with van der Waals surface area (Å²) in [7, 11) is 0. The lowest BCUT2D eigenvalue weighted by atomic mass is 10.0. The summed E-state index contributed by atoms with van der Waals surface area (Å²) in [6.07, 6.45) is 5.71. The van der Waals surface area contributed by atoms with Gasteiger partial charge in [0.25, 0.3) is 5.91 Å². The molecule has 178 valence electrons. The third-order valence-electron chi connectivity index (χ3n) is 5.72. The molecule has 0 bridgehead atoms. The number of carbonyl (C=O) groups excluding carboxylic acids is 3. The maximum atomic E-state index is 12.6. The number of ketones is 1. The van der Waals surface area contributed by atoms with Gasteiger partial charge in [-0.1, -0.05) is 30.3 Å². The predicted molar refractivity (Wildman–Crippen MR) is 130 cm³/mol. The quantitative estimate of drug-likeness (QED) is 0.284. The zero-order chi connectivity index (χ0) is 24.7. The highest BCUT2D eigenvalue weighted by Gasteiger charge is 2.30. The summed E-state index contributed by atoms with van der Waals surface area (Å²) in [4.78, 5) is 44.1. The summed E-state index contributed by atoms with van der Waals surface area (Å²) in [5, 5.41) is 8.53. The van der Waals surface area contributed by atoms with Gasteiger partial charge < -0.3 is 4.90 Å². The van der Waals surface area contributed by atoms with E-state index in [4.69, 9.17) is 5.21 Å². The van der Waals surface area contributed by atoms with Crippen LogP contribution in [-0.2, 0) is 16.1 Å². The molecule has 0 saturated carbocycles. The fourth-order valence-electron chi connectivity index (χ4n) is 4.32. The van der Waals surface area contributed by atoms with Gasteiger partial charge in [0.2, 0.25) is 5.91 Å². The van der Waals surface area contributed by atoms with E-state index in [-0.39, 0.29) is 23.8 Å². The lowest BCUT2D eigenvalue weighted by Gasteiger charge is -2.44. The molecule has 0 aliphatic carbocycles. The fraction of sp³-hybridized carbons (Fsp3) is 0.308. The molecule has 1 fully saturated rings. The number of allylic oxidation sites excluding steroid dienone is 1. The summed E-state index contributed by atoms with van der Waals surface area (Å²) in [5.41, 5.74) is 4.31. The van der Waals surface area contributed by atoms with Crippen molar-refractivity contribution in [1.82, 2.24) is 20.3 Å². The van der Waals surface area contributed by atoms with Crippen LogP contribution in [0.1, 0.15) is 48.1 Å². The third kappa shape index (κ3) is 6.69. The van der Waals surface area contributed by atoms with E-state index in [1.54, 1.807) is 31.2 Å². The molecular weight excluding hydrogens is 432 g/mol. The van der Waals surface area contributed by atoms with Gasteiger partial charge in [0.05, 0.1) is 11.4 Å². The van der Waals surface area contributed by atoms with Crippen LogP contribution in [0.5, 0.6) is 0 Å². The van der Waals surface area contributed by atoms with Crippen molar-refractivity contribution in [1.29, 1.82) is 0 Å². The summed E-state index contributed by atoms with van der Waals surface area (Å²) in [6, 6.07) is 13.1. The van der Waals surface area contributed by atoms with Crippen molar-refractivity contribution in [3.8, 4) is 0 Å². The Bertz CT molecular complexity index is 1080. The van der Waals surface area contributed by atoms with Crippen molar-refractivity contribution in [2.24, 2.45) is 0 Å². The maximum Gasteiger partial charge on any atom is 0.267 e. The number of nitrogens with zero attached hydrogens (tertiary/aromatic N) is 3. The van der Waals surface area contributed by atoms with Gasteiger partial charge in [0.15, 0.2) is 5.78 Å². The van der Waals surface area contributed by atoms with Gasteiger partial charge in [-0.25, -0.2) is 10.5 Å². The highest BCUT2D eigenvalue weighted by Crippen LogP contribution is 2.18. The van der Waals surface area contributed by atoms with Gasteiger partial charge in [-0.15, -0.1) is 0 Å². The van der Waals surface area contributed by atoms with Crippen molar-refractivity contribution < 1.29 is 19.6 Å². The van der Waals surface area contributed by atoms with E-state index in [0.717, 1.165) is 31.3 Å². The highest BCUT2D eigenvalue weighted by molar-refractivity contribution is 6.06. The van der Waals surface area contributed by atoms with Gasteiger partial charge in [-0.3, -0.25) is 24.5 Å². The first kappa shape index (κ1) is 25.0. The first-order valence-corrected chi connectivity index (χ1v) is 11.2. The van der Waals surface area contributed by atoms with Crippen molar-refractivity contribution in [2.75, 3.05) is 13.1 Å².